The van der Waals surface area contributed by atoms with Crippen LogP contribution in [0.15, 0.2) is 59.6 Å². The molecule has 0 spiro atoms. The van der Waals surface area contributed by atoms with Gasteiger partial charge in [0.15, 0.2) is 4.32 Å². The van der Waals surface area contributed by atoms with E-state index < -0.39 is 16.7 Å². The fourth-order valence-corrected chi connectivity index (χ4v) is 4.35. The van der Waals surface area contributed by atoms with Crippen molar-refractivity contribution in [3.05, 3.63) is 80.9 Å². The third kappa shape index (κ3) is 3.46. The van der Waals surface area contributed by atoms with Crippen molar-refractivity contribution in [2.45, 2.75) is 0 Å². The molecule has 0 saturated carbocycles. The summed E-state index contributed by atoms with van der Waals surface area (Å²) in [5, 5.41) is 13.1. The number of hydrogen-bond donors (Lipinski definition) is 1. The van der Waals surface area contributed by atoms with E-state index in [1.165, 1.54) is 24.3 Å². The average molecular weight is 438 g/mol. The van der Waals surface area contributed by atoms with Gasteiger partial charge in [-0.3, -0.25) is 25.1 Å². The number of thiocarbonyl (C=S) groups is 1. The number of hydrogen-bond acceptors (Lipinski definition) is 6. The van der Waals surface area contributed by atoms with Gasteiger partial charge in [-0.2, -0.15) is 5.01 Å². The Bertz CT molecular complexity index is 1260. The Morgan fingerprint density at radius 2 is 1.90 bits per heavy atom. The Morgan fingerprint density at radius 3 is 2.67 bits per heavy atom. The number of carbonyl (C=O) groups is 2. The number of nitro benzene ring substituents is 1. The molecule has 150 valence electrons. The molecule has 0 atom stereocenters. The fourth-order valence-electron chi connectivity index (χ4n) is 3.18. The van der Waals surface area contributed by atoms with E-state index in [1.54, 1.807) is 6.08 Å². The summed E-state index contributed by atoms with van der Waals surface area (Å²) in [6.45, 7) is 0. The van der Waals surface area contributed by atoms with Crippen molar-refractivity contribution in [3.63, 3.8) is 0 Å². The second-order valence-corrected chi connectivity index (χ2v) is 8.12. The molecule has 2 amide bonds. The van der Waals surface area contributed by atoms with Crippen LogP contribution in [0.4, 0.5) is 5.69 Å². The molecule has 3 aromatic rings. The van der Waals surface area contributed by atoms with Gasteiger partial charge in [0.2, 0.25) is 0 Å². The first-order valence-corrected chi connectivity index (χ1v) is 9.95. The monoisotopic (exact) mass is 438 g/mol. The standard InChI is InChI=1S/C20H14N4O4S2/c1-22-11-12(13-6-2-4-8-15(13)22)10-17-19(26)23(20(29)30-17)21-18(25)14-7-3-5-9-16(14)24(27)28/h2-11H,1H3,(H,21,25)/b17-10-. The van der Waals surface area contributed by atoms with Crippen LogP contribution in [0.25, 0.3) is 17.0 Å². The van der Waals surface area contributed by atoms with Crippen molar-refractivity contribution in [2.24, 2.45) is 7.05 Å². The molecule has 1 aliphatic heterocycles. The predicted molar refractivity (Wildman–Crippen MR) is 118 cm³/mol. The molecule has 1 N–H and O–H groups in total. The van der Waals surface area contributed by atoms with E-state index in [4.69, 9.17) is 12.2 Å². The third-order valence-corrected chi connectivity index (χ3v) is 5.87. The number of amides is 2. The number of nitrogens with zero attached hydrogens (tertiary/aromatic N) is 3. The van der Waals surface area contributed by atoms with Gasteiger partial charge in [-0.05, 0) is 30.4 Å². The lowest BCUT2D eigenvalue weighted by Gasteiger charge is -2.15. The smallest absolute Gasteiger partial charge is 0.285 e. The van der Waals surface area contributed by atoms with Crippen molar-refractivity contribution in [3.8, 4) is 0 Å². The number of aromatic nitrogens is 1. The highest BCUT2D eigenvalue weighted by Crippen LogP contribution is 2.33. The zero-order chi connectivity index (χ0) is 21.4. The molecule has 0 unspecified atom stereocenters. The number of nitro groups is 1. The highest BCUT2D eigenvalue weighted by Gasteiger charge is 2.35. The second kappa shape index (κ2) is 7.73. The van der Waals surface area contributed by atoms with E-state index >= 15 is 0 Å². The predicted octanol–water partition coefficient (Wildman–Crippen LogP) is 3.63. The zero-order valence-electron chi connectivity index (χ0n) is 15.6. The second-order valence-electron chi connectivity index (χ2n) is 6.44. The molecule has 2 aromatic carbocycles. The summed E-state index contributed by atoms with van der Waals surface area (Å²) < 4.78 is 2.09. The van der Waals surface area contributed by atoms with Gasteiger partial charge in [0.1, 0.15) is 5.56 Å². The molecule has 0 aliphatic carbocycles. The van der Waals surface area contributed by atoms with Crippen molar-refractivity contribution in [2.75, 3.05) is 0 Å². The summed E-state index contributed by atoms with van der Waals surface area (Å²) in [6.07, 6.45) is 3.63. The average Bonchev–Trinajstić information content (AvgIpc) is 3.19. The highest BCUT2D eigenvalue weighted by atomic mass is 32.2. The van der Waals surface area contributed by atoms with Crippen LogP contribution >= 0.6 is 24.0 Å². The van der Waals surface area contributed by atoms with Gasteiger partial charge in [0.25, 0.3) is 17.5 Å². The minimum Gasteiger partial charge on any atom is -0.350 e. The number of hydrazine groups is 1. The zero-order valence-corrected chi connectivity index (χ0v) is 17.2. The third-order valence-electron chi connectivity index (χ3n) is 4.57. The molecule has 4 rings (SSSR count). The van der Waals surface area contributed by atoms with E-state index in [9.17, 15) is 19.7 Å². The van der Waals surface area contributed by atoms with Gasteiger partial charge in [-0.1, -0.05) is 42.1 Å². The quantitative estimate of drug-likeness (QED) is 0.289. The summed E-state index contributed by atoms with van der Waals surface area (Å²) in [7, 11) is 1.91. The van der Waals surface area contributed by atoms with E-state index in [1.807, 2.05) is 42.1 Å². The number of carbonyl (C=O) groups excluding carboxylic acids is 2. The topological polar surface area (TPSA) is 97.5 Å². The maximum Gasteiger partial charge on any atom is 0.285 e. The Balaban J connectivity index is 1.61. The summed E-state index contributed by atoms with van der Waals surface area (Å²) >= 11 is 6.29. The lowest BCUT2D eigenvalue weighted by Crippen LogP contribution is -2.45. The molecule has 1 saturated heterocycles. The number of rotatable bonds is 4. The summed E-state index contributed by atoms with van der Waals surface area (Å²) in [6, 6.07) is 13.3. The summed E-state index contributed by atoms with van der Waals surface area (Å²) in [4.78, 5) is 36.3. The van der Waals surface area contributed by atoms with Crippen molar-refractivity contribution >= 4 is 62.8 Å². The largest absolute Gasteiger partial charge is 0.350 e. The van der Waals surface area contributed by atoms with Crippen LogP contribution in [-0.4, -0.2) is 30.6 Å². The van der Waals surface area contributed by atoms with E-state index in [0.29, 0.717) is 4.91 Å². The lowest BCUT2D eigenvalue weighted by atomic mass is 10.1. The fraction of sp³-hybridized carbons (Fsp3) is 0.0500. The van der Waals surface area contributed by atoms with Crippen LogP contribution in [0, 0.1) is 10.1 Å². The molecule has 30 heavy (non-hydrogen) atoms. The first-order chi connectivity index (χ1) is 14.4. The number of aryl methyl sites for hydroxylation is 1. The minimum atomic E-state index is -0.787. The molecule has 10 heteroatoms. The van der Waals surface area contributed by atoms with Crippen LogP contribution in [0.1, 0.15) is 15.9 Å². The summed E-state index contributed by atoms with van der Waals surface area (Å²) in [5.74, 6) is -1.28. The number of fused-ring (bicyclic) bond motifs is 1. The molecule has 2 heterocycles. The number of nitrogens with one attached hydrogen (secondary N) is 1. The SMILES string of the molecule is Cn1cc(/C=C2\SC(=S)N(NC(=O)c3ccccc3[N+](=O)[O-])C2=O)c2ccccc21. The van der Waals surface area contributed by atoms with Crippen molar-refractivity contribution in [1.82, 2.24) is 15.0 Å². The minimum absolute atomic E-state index is 0.137. The number of para-hydroxylation sites is 2. The number of benzene rings is 2. The molecule has 1 aliphatic rings. The van der Waals surface area contributed by atoms with Gasteiger partial charge in [0.05, 0.1) is 9.83 Å². The van der Waals surface area contributed by atoms with Gasteiger partial charge in [0, 0.05) is 35.8 Å². The lowest BCUT2D eigenvalue weighted by molar-refractivity contribution is -0.385. The first kappa shape index (κ1) is 19.8. The van der Waals surface area contributed by atoms with Crippen LogP contribution in [0.5, 0.6) is 0 Å². The van der Waals surface area contributed by atoms with Crippen LogP contribution in [-0.2, 0) is 11.8 Å². The van der Waals surface area contributed by atoms with Crippen molar-refractivity contribution < 1.29 is 14.5 Å². The van der Waals surface area contributed by atoms with Crippen LogP contribution in [0.3, 0.4) is 0 Å². The molecule has 0 radical (unpaired) electrons. The van der Waals surface area contributed by atoms with Gasteiger partial charge in [-0.15, -0.1) is 0 Å². The molecule has 1 fully saturated rings. The Labute approximate surface area is 180 Å². The van der Waals surface area contributed by atoms with Gasteiger partial charge < -0.3 is 4.57 Å². The molecule has 0 bridgehead atoms. The molecular weight excluding hydrogens is 424 g/mol. The van der Waals surface area contributed by atoms with Gasteiger partial charge in [-0.25, -0.2) is 0 Å². The Kier molecular flexibility index (Phi) is 5.10. The van der Waals surface area contributed by atoms with E-state index in [0.717, 1.165) is 33.2 Å². The van der Waals surface area contributed by atoms with E-state index in [2.05, 4.69) is 5.43 Å². The normalized spacial score (nSPS) is 15.2. The molecular formula is C20H14N4O4S2. The van der Waals surface area contributed by atoms with E-state index in [-0.39, 0.29) is 15.6 Å². The Hall–Kier alpha value is -3.50. The molecule has 1 aromatic heterocycles. The number of thioether (sulfide) groups is 1. The maximum absolute atomic E-state index is 12.8. The van der Waals surface area contributed by atoms with Crippen LogP contribution in [0.2, 0.25) is 0 Å². The Morgan fingerprint density at radius 1 is 1.20 bits per heavy atom. The van der Waals surface area contributed by atoms with Crippen molar-refractivity contribution in [1.29, 1.82) is 0 Å². The summed E-state index contributed by atoms with van der Waals surface area (Å²) in [5.41, 5.74) is 3.73. The first-order valence-electron chi connectivity index (χ1n) is 8.73. The highest BCUT2D eigenvalue weighted by molar-refractivity contribution is 8.26. The van der Waals surface area contributed by atoms with Crippen LogP contribution < -0.4 is 5.43 Å². The van der Waals surface area contributed by atoms with Gasteiger partial charge >= 0.3 is 0 Å². The maximum atomic E-state index is 12.8. The molecule has 8 nitrogen and oxygen atoms in total.